The van der Waals surface area contributed by atoms with Crippen LogP contribution in [0.3, 0.4) is 0 Å². The van der Waals surface area contributed by atoms with Crippen LogP contribution < -0.4 is 10.1 Å². The lowest BCUT2D eigenvalue weighted by Crippen LogP contribution is -2.38. The van der Waals surface area contributed by atoms with E-state index < -0.39 is 6.04 Å². The van der Waals surface area contributed by atoms with E-state index >= 15 is 0 Å². The summed E-state index contributed by atoms with van der Waals surface area (Å²) >= 11 is 0. The summed E-state index contributed by atoms with van der Waals surface area (Å²) in [4.78, 5) is 24.5. The van der Waals surface area contributed by atoms with E-state index in [4.69, 9.17) is 9.47 Å². The molecule has 1 unspecified atom stereocenters. The smallest absolute Gasteiger partial charge is 0.252 e. The van der Waals surface area contributed by atoms with Gasteiger partial charge in [-0.25, -0.2) is 0 Å². The third-order valence-corrected chi connectivity index (χ3v) is 5.78. The molecule has 0 aromatic heterocycles. The number of benzene rings is 1. The molecule has 1 aliphatic carbocycles. The highest BCUT2D eigenvalue weighted by Gasteiger charge is 2.16. The lowest BCUT2D eigenvalue weighted by molar-refractivity contribution is -0.120. The minimum atomic E-state index is -0.622. The molecule has 0 radical (unpaired) electrons. The molecule has 0 fully saturated rings. The Labute approximate surface area is 254 Å². The van der Waals surface area contributed by atoms with Crippen molar-refractivity contribution in [1.29, 1.82) is 0 Å². The zero-order valence-electron chi connectivity index (χ0n) is 26.3. The number of aldehydes is 1. The summed E-state index contributed by atoms with van der Waals surface area (Å²) in [6.07, 6.45) is 31.7. The van der Waals surface area contributed by atoms with Gasteiger partial charge in [0.15, 0.2) is 0 Å². The van der Waals surface area contributed by atoms with Crippen LogP contribution in [0.15, 0.2) is 108 Å². The number of hydrogen-bond donors (Lipinski definition) is 1. The molecule has 1 amide bonds. The van der Waals surface area contributed by atoms with Crippen molar-refractivity contribution in [3.8, 4) is 18.6 Å². The van der Waals surface area contributed by atoms with Crippen LogP contribution in [0.25, 0.3) is 0 Å². The fourth-order valence-corrected chi connectivity index (χ4v) is 3.87. The highest BCUT2D eigenvalue weighted by atomic mass is 16.5. The molecule has 0 aliphatic heterocycles. The molecule has 1 atom stereocenters. The summed E-state index contributed by atoms with van der Waals surface area (Å²) in [5.41, 5.74) is 3.66. The summed E-state index contributed by atoms with van der Waals surface area (Å²) in [5, 5.41) is 2.85. The van der Waals surface area contributed by atoms with Gasteiger partial charge in [0.2, 0.25) is 0 Å². The number of carbonyl (C=O) groups excluding carboxylic acids is 2. The molecule has 1 aliphatic rings. The second-order valence-electron chi connectivity index (χ2n) is 8.90. The molecule has 2 rings (SSSR count). The van der Waals surface area contributed by atoms with Gasteiger partial charge in [-0.3, -0.25) is 4.79 Å². The predicted octanol–water partition coefficient (Wildman–Crippen LogP) is 8.18. The van der Waals surface area contributed by atoms with Crippen LogP contribution in [0.5, 0.6) is 5.75 Å². The minimum absolute atomic E-state index is 0.258. The van der Waals surface area contributed by atoms with E-state index in [0.29, 0.717) is 25.2 Å². The number of ether oxygens (including phenoxy) is 2. The molecule has 1 N–H and O–H groups in total. The number of terminal acetylenes is 1. The number of rotatable bonds is 15. The van der Waals surface area contributed by atoms with Gasteiger partial charge in [-0.15, -0.1) is 12.8 Å². The molecule has 1 aromatic rings. The molecule has 0 bridgehead atoms. The Morgan fingerprint density at radius 1 is 1.05 bits per heavy atom. The normalized spacial score (nSPS) is 14.8. The minimum Gasteiger partial charge on any atom is -0.490 e. The monoisotopic (exact) mass is 571 g/mol. The fraction of sp³-hybridized carbons (Fsp3) is 0.351. The van der Waals surface area contributed by atoms with Crippen molar-refractivity contribution >= 4 is 12.2 Å². The van der Waals surface area contributed by atoms with Gasteiger partial charge in [0.1, 0.15) is 31.0 Å². The quantitative estimate of drug-likeness (QED) is 0.0758. The summed E-state index contributed by atoms with van der Waals surface area (Å²) in [6.45, 7) is 12.9. The van der Waals surface area contributed by atoms with E-state index in [1.807, 2.05) is 95.3 Å². The Balaban J connectivity index is 0.00000402. The van der Waals surface area contributed by atoms with Crippen molar-refractivity contribution in [3.63, 3.8) is 0 Å². The molecule has 0 spiro atoms. The molecular weight excluding hydrogens is 522 g/mol. The van der Waals surface area contributed by atoms with Crippen LogP contribution >= 0.6 is 0 Å². The average Bonchev–Trinajstić information content (AvgIpc) is 3.02. The Hall–Kier alpha value is -4.30. The highest BCUT2D eigenvalue weighted by molar-refractivity contribution is 5.99. The Kier molecular flexibility index (Phi) is 22.0. The molecule has 226 valence electrons. The summed E-state index contributed by atoms with van der Waals surface area (Å²) in [6, 6.07) is 6.94. The fourth-order valence-electron chi connectivity index (χ4n) is 3.87. The van der Waals surface area contributed by atoms with Crippen molar-refractivity contribution in [3.05, 3.63) is 113 Å². The van der Waals surface area contributed by atoms with Gasteiger partial charge in [0.05, 0.1) is 6.04 Å². The highest BCUT2D eigenvalue weighted by Crippen LogP contribution is 2.18. The molecule has 1 aromatic carbocycles. The molecule has 0 heterocycles. The van der Waals surface area contributed by atoms with Crippen LogP contribution in [0.2, 0.25) is 0 Å². The molecule has 42 heavy (non-hydrogen) atoms. The van der Waals surface area contributed by atoms with Gasteiger partial charge in [0, 0.05) is 5.57 Å². The summed E-state index contributed by atoms with van der Waals surface area (Å²) in [5.74, 6) is 1.35. The lowest BCUT2D eigenvalue weighted by Gasteiger charge is -2.15. The first-order valence-electron chi connectivity index (χ1n) is 14.7. The second kappa shape index (κ2) is 24.5. The molecule has 0 saturated heterocycles. The van der Waals surface area contributed by atoms with Gasteiger partial charge < -0.3 is 19.6 Å². The van der Waals surface area contributed by atoms with Gasteiger partial charge in [-0.2, -0.15) is 0 Å². The third kappa shape index (κ3) is 15.5. The Morgan fingerprint density at radius 3 is 2.31 bits per heavy atom. The molecule has 0 saturated carbocycles. The average molecular weight is 572 g/mol. The maximum atomic E-state index is 12.8. The number of nitrogens with one attached hydrogen (secondary N) is 1. The van der Waals surface area contributed by atoms with E-state index in [-0.39, 0.29) is 5.91 Å². The Morgan fingerprint density at radius 2 is 1.71 bits per heavy atom. The predicted molar refractivity (Wildman–Crippen MR) is 177 cm³/mol. The number of allylic oxidation sites excluding steroid dienone is 9. The second-order valence-corrected chi connectivity index (χ2v) is 8.90. The van der Waals surface area contributed by atoms with Crippen molar-refractivity contribution in [2.24, 2.45) is 0 Å². The van der Waals surface area contributed by atoms with Crippen molar-refractivity contribution in [1.82, 2.24) is 5.32 Å². The van der Waals surface area contributed by atoms with Crippen LogP contribution in [-0.2, 0) is 20.7 Å². The van der Waals surface area contributed by atoms with Crippen molar-refractivity contribution < 1.29 is 19.1 Å². The first-order valence-corrected chi connectivity index (χ1v) is 14.7. The van der Waals surface area contributed by atoms with Gasteiger partial charge in [-0.05, 0) is 98.8 Å². The third-order valence-electron chi connectivity index (χ3n) is 5.78. The SMILES string of the molecule is C#C.CC.C\C=C/C=C(C(=O)NC(C=O)Cc1ccc(OC/C=C\COC2=C/C(=C/CC)CC=C2)cc1)\C(C)=C\CC. The Bertz CT molecular complexity index is 1160. The summed E-state index contributed by atoms with van der Waals surface area (Å²) in [7, 11) is 0. The van der Waals surface area contributed by atoms with E-state index in [0.717, 1.165) is 48.2 Å². The number of amides is 1. The van der Waals surface area contributed by atoms with Gasteiger partial charge in [0.25, 0.3) is 5.91 Å². The van der Waals surface area contributed by atoms with E-state index in [9.17, 15) is 9.59 Å². The lowest BCUT2D eigenvalue weighted by atomic mass is 10.0. The van der Waals surface area contributed by atoms with Crippen molar-refractivity contribution in [2.75, 3.05) is 13.2 Å². The van der Waals surface area contributed by atoms with Crippen molar-refractivity contribution in [2.45, 2.75) is 73.3 Å². The van der Waals surface area contributed by atoms with Crippen LogP contribution in [0.1, 0.15) is 66.4 Å². The maximum Gasteiger partial charge on any atom is 0.252 e. The van der Waals surface area contributed by atoms with Crippen LogP contribution in [0.4, 0.5) is 0 Å². The molecule has 5 heteroatoms. The molecule has 5 nitrogen and oxygen atoms in total. The van der Waals surface area contributed by atoms with E-state index in [2.05, 4.69) is 43.3 Å². The van der Waals surface area contributed by atoms with E-state index in [1.165, 1.54) is 5.57 Å². The first kappa shape index (κ1) is 37.7. The molecular formula is C37H49NO4. The zero-order valence-corrected chi connectivity index (χ0v) is 26.3. The number of carbonyl (C=O) groups is 2. The van der Waals surface area contributed by atoms with Crippen LogP contribution in [-0.4, -0.2) is 31.4 Å². The zero-order chi connectivity index (χ0) is 31.6. The van der Waals surface area contributed by atoms with Crippen LogP contribution in [0, 0.1) is 12.8 Å². The largest absolute Gasteiger partial charge is 0.490 e. The number of hydrogen-bond acceptors (Lipinski definition) is 4. The van der Waals surface area contributed by atoms with Gasteiger partial charge >= 0.3 is 0 Å². The maximum absolute atomic E-state index is 12.8. The standard InChI is InChI=1S/C33H41NO4.C2H6.C2H2/c1-5-8-16-32(26(4)12-6-2)33(36)34-29(25-35)23-28-17-19-30(20-18-28)37-21-9-10-22-38-31-15-11-14-27(24-31)13-7-3;2*1-2/h5,8-13,15-20,24-25,29H,6-7,14,21-23H2,1-4H3,(H,34,36);1-2H3;1-2H/b8-5-,10-9-,26-12+,27-13+,32-16+;;. The van der Waals surface area contributed by atoms with E-state index in [1.54, 1.807) is 6.08 Å². The van der Waals surface area contributed by atoms with Gasteiger partial charge in [-0.1, -0.05) is 70.2 Å². The summed E-state index contributed by atoms with van der Waals surface area (Å²) < 4.78 is 11.6. The first-order chi connectivity index (χ1) is 20.5. The topological polar surface area (TPSA) is 64.6 Å².